The van der Waals surface area contributed by atoms with Gasteiger partial charge >= 0.3 is 0 Å². The molecule has 134 valence electrons. The highest BCUT2D eigenvalue weighted by Crippen LogP contribution is 2.32. The molecule has 2 aromatic rings. The van der Waals surface area contributed by atoms with Crippen LogP contribution in [0.1, 0.15) is 17.3 Å². The van der Waals surface area contributed by atoms with Crippen molar-refractivity contribution in [2.75, 3.05) is 5.32 Å². The maximum absolute atomic E-state index is 12.6. The van der Waals surface area contributed by atoms with Gasteiger partial charge in [0.25, 0.3) is 21.6 Å². The standard InChI is InChI=1S/C16H13N3O6S/c1-10(15(20)17-11-5-4-6-12(9-11)19(22)23)18-16(21)13-7-2-3-8-14(13)26(18,24)25/h2-10H,1H3,(H,17,20)/t10-/m1/s1. The number of anilines is 1. The van der Waals surface area contributed by atoms with Gasteiger partial charge in [-0.1, -0.05) is 18.2 Å². The first-order chi connectivity index (χ1) is 12.2. The molecule has 0 saturated heterocycles. The quantitative estimate of drug-likeness (QED) is 0.641. The fourth-order valence-corrected chi connectivity index (χ4v) is 4.36. The molecule has 9 nitrogen and oxygen atoms in total. The van der Waals surface area contributed by atoms with E-state index in [9.17, 15) is 28.1 Å². The van der Waals surface area contributed by atoms with E-state index in [2.05, 4.69) is 5.32 Å². The normalized spacial score (nSPS) is 16.0. The molecule has 0 bridgehead atoms. The van der Waals surface area contributed by atoms with Crippen molar-refractivity contribution >= 4 is 33.2 Å². The van der Waals surface area contributed by atoms with Gasteiger partial charge in [-0.3, -0.25) is 19.7 Å². The zero-order valence-electron chi connectivity index (χ0n) is 13.4. The number of nitrogens with zero attached hydrogens (tertiary/aromatic N) is 2. The van der Waals surface area contributed by atoms with Gasteiger partial charge in [-0.2, -0.15) is 0 Å². The summed E-state index contributed by atoms with van der Waals surface area (Å²) in [6.45, 7) is 1.27. The SMILES string of the molecule is C[C@H](C(=O)Nc1cccc([N+](=O)[O-])c1)N1C(=O)c2ccccc2S1(=O)=O. The number of carbonyl (C=O) groups excluding carboxylic acids is 2. The molecule has 26 heavy (non-hydrogen) atoms. The molecule has 0 aliphatic carbocycles. The molecule has 1 aliphatic rings. The topological polar surface area (TPSA) is 127 Å². The lowest BCUT2D eigenvalue weighted by atomic mass is 10.2. The summed E-state index contributed by atoms with van der Waals surface area (Å²) < 4.78 is 25.7. The van der Waals surface area contributed by atoms with Crippen molar-refractivity contribution in [3.8, 4) is 0 Å². The van der Waals surface area contributed by atoms with Crippen molar-refractivity contribution in [3.05, 3.63) is 64.2 Å². The molecular formula is C16H13N3O6S. The summed E-state index contributed by atoms with van der Waals surface area (Å²) in [4.78, 5) is 34.9. The van der Waals surface area contributed by atoms with Crippen molar-refractivity contribution in [2.45, 2.75) is 17.9 Å². The van der Waals surface area contributed by atoms with E-state index in [1.165, 1.54) is 49.4 Å². The summed E-state index contributed by atoms with van der Waals surface area (Å²) >= 11 is 0. The maximum atomic E-state index is 12.6. The molecule has 0 spiro atoms. The van der Waals surface area contributed by atoms with Gasteiger partial charge in [-0.25, -0.2) is 12.7 Å². The summed E-state index contributed by atoms with van der Waals surface area (Å²) in [5, 5.41) is 13.2. The predicted molar refractivity (Wildman–Crippen MR) is 91.0 cm³/mol. The third kappa shape index (κ3) is 2.80. The van der Waals surface area contributed by atoms with Crippen molar-refractivity contribution in [3.63, 3.8) is 0 Å². The Kier molecular flexibility index (Phi) is 4.20. The van der Waals surface area contributed by atoms with Gasteiger partial charge in [0.1, 0.15) is 10.9 Å². The minimum Gasteiger partial charge on any atom is -0.324 e. The van der Waals surface area contributed by atoms with Gasteiger partial charge in [-0.05, 0) is 25.1 Å². The largest absolute Gasteiger partial charge is 0.324 e. The molecule has 2 aromatic carbocycles. The molecule has 3 rings (SSSR count). The minimum atomic E-state index is -4.14. The highest BCUT2D eigenvalue weighted by atomic mass is 32.2. The van der Waals surface area contributed by atoms with E-state index in [1.54, 1.807) is 0 Å². The zero-order valence-corrected chi connectivity index (χ0v) is 14.3. The zero-order chi connectivity index (χ0) is 19.1. The molecular weight excluding hydrogens is 362 g/mol. The van der Waals surface area contributed by atoms with Crippen molar-refractivity contribution in [1.82, 2.24) is 4.31 Å². The fraction of sp³-hybridized carbons (Fsp3) is 0.125. The molecule has 2 amide bonds. The Morgan fingerprint density at radius 2 is 1.88 bits per heavy atom. The number of sulfonamides is 1. The van der Waals surface area contributed by atoms with Crippen LogP contribution in [-0.4, -0.2) is 35.5 Å². The predicted octanol–water partition coefficient (Wildman–Crippen LogP) is 1.77. The molecule has 0 radical (unpaired) electrons. The molecule has 10 heteroatoms. The van der Waals surface area contributed by atoms with Crippen LogP contribution in [0.15, 0.2) is 53.4 Å². The molecule has 1 aliphatic heterocycles. The lowest BCUT2D eigenvalue weighted by molar-refractivity contribution is -0.384. The van der Waals surface area contributed by atoms with Crippen molar-refractivity contribution in [2.24, 2.45) is 0 Å². The van der Waals surface area contributed by atoms with Gasteiger partial charge in [0, 0.05) is 17.8 Å². The van der Waals surface area contributed by atoms with E-state index >= 15 is 0 Å². The number of non-ortho nitro benzene ring substituents is 1. The van der Waals surface area contributed by atoms with Gasteiger partial charge in [-0.15, -0.1) is 0 Å². The number of fused-ring (bicyclic) bond motifs is 1. The third-order valence-corrected chi connectivity index (χ3v) is 5.82. The average Bonchev–Trinajstić information content (AvgIpc) is 2.81. The Morgan fingerprint density at radius 1 is 1.19 bits per heavy atom. The lowest BCUT2D eigenvalue weighted by Crippen LogP contribution is -2.45. The van der Waals surface area contributed by atoms with Crippen LogP contribution in [0.25, 0.3) is 0 Å². The first-order valence-electron chi connectivity index (χ1n) is 7.46. The van der Waals surface area contributed by atoms with Crippen LogP contribution in [-0.2, 0) is 14.8 Å². The lowest BCUT2D eigenvalue weighted by Gasteiger charge is -2.22. The second kappa shape index (κ2) is 6.23. The van der Waals surface area contributed by atoms with Crippen LogP contribution in [0.4, 0.5) is 11.4 Å². The summed E-state index contributed by atoms with van der Waals surface area (Å²) in [6, 6.07) is 9.56. The number of carbonyl (C=O) groups is 2. The summed E-state index contributed by atoms with van der Waals surface area (Å²) in [6.07, 6.45) is 0. The van der Waals surface area contributed by atoms with E-state index in [0.29, 0.717) is 4.31 Å². The summed E-state index contributed by atoms with van der Waals surface area (Å²) in [7, 11) is -4.14. The average molecular weight is 375 g/mol. The Balaban J connectivity index is 1.87. The van der Waals surface area contributed by atoms with Gasteiger partial charge in [0.2, 0.25) is 5.91 Å². The van der Waals surface area contributed by atoms with Crippen LogP contribution >= 0.6 is 0 Å². The molecule has 1 atom stereocenters. The van der Waals surface area contributed by atoms with E-state index in [0.717, 1.165) is 6.07 Å². The number of nitro benzene ring substituents is 1. The third-order valence-electron chi connectivity index (χ3n) is 3.91. The highest BCUT2D eigenvalue weighted by molar-refractivity contribution is 7.90. The Bertz CT molecular complexity index is 1030. The maximum Gasteiger partial charge on any atom is 0.271 e. The summed E-state index contributed by atoms with van der Waals surface area (Å²) in [5.74, 6) is -1.57. The molecule has 0 aromatic heterocycles. The molecule has 0 fully saturated rings. The van der Waals surface area contributed by atoms with E-state index in [-0.39, 0.29) is 21.8 Å². The number of hydrogen-bond acceptors (Lipinski definition) is 6. The highest BCUT2D eigenvalue weighted by Gasteiger charge is 2.45. The second-order valence-electron chi connectivity index (χ2n) is 5.57. The van der Waals surface area contributed by atoms with Gasteiger partial charge in [0.15, 0.2) is 0 Å². The van der Waals surface area contributed by atoms with Gasteiger partial charge < -0.3 is 5.32 Å². The number of nitrogens with one attached hydrogen (secondary N) is 1. The number of rotatable bonds is 4. The van der Waals surface area contributed by atoms with E-state index < -0.39 is 32.8 Å². The van der Waals surface area contributed by atoms with Crippen LogP contribution in [0.2, 0.25) is 0 Å². The number of hydrogen-bond donors (Lipinski definition) is 1. The minimum absolute atomic E-state index is 0.00231. The molecule has 0 unspecified atom stereocenters. The van der Waals surface area contributed by atoms with Crippen LogP contribution < -0.4 is 5.32 Å². The van der Waals surface area contributed by atoms with Gasteiger partial charge in [0.05, 0.1) is 10.5 Å². The molecule has 1 N–H and O–H groups in total. The molecule has 0 saturated carbocycles. The number of amides is 2. The van der Waals surface area contributed by atoms with Crippen LogP contribution in [0.5, 0.6) is 0 Å². The Labute approximate surface area is 148 Å². The van der Waals surface area contributed by atoms with Crippen LogP contribution in [0, 0.1) is 10.1 Å². The summed E-state index contributed by atoms with van der Waals surface area (Å²) in [5.41, 5.74) is -0.104. The van der Waals surface area contributed by atoms with Crippen LogP contribution in [0.3, 0.4) is 0 Å². The number of benzene rings is 2. The fourth-order valence-electron chi connectivity index (χ4n) is 2.64. The molecule has 1 heterocycles. The smallest absolute Gasteiger partial charge is 0.271 e. The van der Waals surface area contributed by atoms with Crippen molar-refractivity contribution in [1.29, 1.82) is 0 Å². The number of nitro groups is 1. The second-order valence-corrected chi connectivity index (χ2v) is 7.36. The van der Waals surface area contributed by atoms with Crippen molar-refractivity contribution < 1.29 is 22.9 Å². The van der Waals surface area contributed by atoms with E-state index in [4.69, 9.17) is 0 Å². The monoisotopic (exact) mass is 375 g/mol. The Morgan fingerprint density at radius 3 is 2.54 bits per heavy atom. The first-order valence-corrected chi connectivity index (χ1v) is 8.90. The first kappa shape index (κ1) is 17.5. The Hall–Kier alpha value is -3.27. The van der Waals surface area contributed by atoms with E-state index in [1.807, 2.05) is 0 Å².